The van der Waals surface area contributed by atoms with E-state index >= 15 is 0 Å². The lowest BCUT2D eigenvalue weighted by Crippen LogP contribution is -2.48. The highest BCUT2D eigenvalue weighted by molar-refractivity contribution is 5.17. The lowest BCUT2D eigenvalue weighted by atomic mass is 10.1. The van der Waals surface area contributed by atoms with Crippen molar-refractivity contribution in [1.82, 2.24) is 14.7 Å². The molecule has 1 atom stereocenters. The van der Waals surface area contributed by atoms with Gasteiger partial charge in [0, 0.05) is 65.5 Å². The molecule has 1 heterocycles. The summed E-state index contributed by atoms with van der Waals surface area (Å²) in [6.07, 6.45) is 0.00284. The van der Waals surface area contributed by atoms with Gasteiger partial charge in [0.05, 0.1) is 59.5 Å². The molecule has 2 aromatic rings. The van der Waals surface area contributed by atoms with Gasteiger partial charge in [0.1, 0.15) is 6.17 Å². The second kappa shape index (κ2) is 23.4. The van der Waals surface area contributed by atoms with E-state index < -0.39 is 6.17 Å². The van der Waals surface area contributed by atoms with Crippen LogP contribution in [0.2, 0.25) is 0 Å². The topological polar surface area (TPSA) is 55.9 Å². The number of alkyl halides is 1. The Hall–Kier alpha value is -1.95. The van der Waals surface area contributed by atoms with Crippen LogP contribution < -0.4 is 0 Å². The predicted octanol–water partition coefficient (Wildman–Crippen LogP) is 4.14. The van der Waals surface area contributed by atoms with Gasteiger partial charge in [-0.2, -0.15) is 0 Å². The molecule has 1 aliphatic heterocycles. The van der Waals surface area contributed by atoms with E-state index in [0.717, 1.165) is 52.3 Å². The molecule has 3 rings (SSSR count). The predicted molar refractivity (Wildman–Crippen MR) is 169 cm³/mol. The van der Waals surface area contributed by atoms with Gasteiger partial charge in [-0.3, -0.25) is 14.7 Å². The monoisotopic (exact) mass is 603 g/mol. The number of halogens is 1. The van der Waals surface area contributed by atoms with Gasteiger partial charge in [0.15, 0.2) is 0 Å². The van der Waals surface area contributed by atoms with E-state index in [-0.39, 0.29) is 6.61 Å². The Morgan fingerprint density at radius 2 is 1.02 bits per heavy atom. The molecule has 0 N–H and O–H groups in total. The molecule has 1 fully saturated rings. The van der Waals surface area contributed by atoms with E-state index in [1.165, 1.54) is 11.1 Å². The first-order chi connectivity index (χ1) is 21.2. The normalized spacial score (nSPS) is 15.3. The van der Waals surface area contributed by atoms with Crippen LogP contribution >= 0.6 is 0 Å². The van der Waals surface area contributed by atoms with E-state index in [0.29, 0.717) is 72.5 Å². The molecule has 1 aliphatic rings. The van der Waals surface area contributed by atoms with E-state index in [2.05, 4.69) is 45.9 Å². The number of rotatable bonds is 25. The SMILES string of the molecule is CCCOCCOCCOCCOCCN1CCN(CCOCC(F)CN(Cc2ccccc2)Cc2ccccc2)CC1. The van der Waals surface area contributed by atoms with Crippen molar-refractivity contribution in [3.05, 3.63) is 71.8 Å². The molecule has 43 heavy (non-hydrogen) atoms. The third-order valence-electron chi connectivity index (χ3n) is 7.29. The number of nitrogens with zero attached hydrogens (tertiary/aromatic N) is 3. The minimum atomic E-state index is -1.03. The van der Waals surface area contributed by atoms with Crippen LogP contribution in [0.1, 0.15) is 24.5 Å². The quantitative estimate of drug-likeness (QED) is 0.157. The number of piperazine rings is 1. The smallest absolute Gasteiger partial charge is 0.136 e. The average molecular weight is 604 g/mol. The van der Waals surface area contributed by atoms with Gasteiger partial charge in [0.25, 0.3) is 0 Å². The van der Waals surface area contributed by atoms with E-state index in [4.69, 9.17) is 23.7 Å². The maximum Gasteiger partial charge on any atom is 0.136 e. The molecule has 0 amide bonds. The zero-order chi connectivity index (χ0) is 30.2. The van der Waals surface area contributed by atoms with Gasteiger partial charge in [-0.15, -0.1) is 0 Å². The van der Waals surface area contributed by atoms with Crippen molar-refractivity contribution in [3.63, 3.8) is 0 Å². The molecule has 1 saturated heterocycles. The first-order valence-electron chi connectivity index (χ1n) is 16.0. The molecule has 8 nitrogen and oxygen atoms in total. The molecule has 1 unspecified atom stereocenters. The van der Waals surface area contributed by atoms with E-state index in [1.54, 1.807) is 0 Å². The maximum atomic E-state index is 15.0. The standard InChI is InChI=1S/C34H54FN3O5/c1-2-19-39-22-24-41-26-27-42-25-23-40-20-17-36-13-15-37(16-14-36)18-21-43-31-34(35)30-38(28-32-9-5-3-6-10-32)29-33-11-7-4-8-12-33/h3-12,34H,2,13-31H2,1H3. The molecule has 0 bridgehead atoms. The number of ether oxygens (including phenoxy) is 5. The molecule has 0 aliphatic carbocycles. The largest absolute Gasteiger partial charge is 0.379 e. The van der Waals surface area contributed by atoms with Crippen molar-refractivity contribution in [3.8, 4) is 0 Å². The Morgan fingerprint density at radius 3 is 1.49 bits per heavy atom. The van der Waals surface area contributed by atoms with Crippen LogP contribution in [-0.2, 0) is 36.8 Å². The Kier molecular flexibility index (Phi) is 19.4. The van der Waals surface area contributed by atoms with Crippen LogP contribution in [-0.4, -0.2) is 133 Å². The van der Waals surface area contributed by atoms with Crippen molar-refractivity contribution in [2.45, 2.75) is 32.6 Å². The number of hydrogen-bond acceptors (Lipinski definition) is 8. The highest BCUT2D eigenvalue weighted by Gasteiger charge is 2.18. The minimum Gasteiger partial charge on any atom is -0.379 e. The molecule has 242 valence electrons. The lowest BCUT2D eigenvalue weighted by Gasteiger charge is -2.34. The fourth-order valence-corrected chi connectivity index (χ4v) is 4.94. The van der Waals surface area contributed by atoms with Crippen LogP contribution in [0.3, 0.4) is 0 Å². The fraction of sp³-hybridized carbons (Fsp3) is 0.647. The van der Waals surface area contributed by atoms with Crippen LogP contribution in [0, 0.1) is 0 Å². The molecule has 0 radical (unpaired) electrons. The minimum absolute atomic E-state index is 0.127. The summed E-state index contributed by atoms with van der Waals surface area (Å²) in [6.45, 7) is 15.4. The second-order valence-corrected chi connectivity index (χ2v) is 10.9. The third-order valence-corrected chi connectivity index (χ3v) is 7.29. The number of benzene rings is 2. The third kappa shape index (κ3) is 17.2. The Morgan fingerprint density at radius 1 is 0.605 bits per heavy atom. The zero-order valence-electron chi connectivity index (χ0n) is 26.3. The zero-order valence-corrected chi connectivity index (χ0v) is 26.3. The van der Waals surface area contributed by atoms with Gasteiger partial charge in [-0.1, -0.05) is 67.6 Å². The van der Waals surface area contributed by atoms with Gasteiger partial charge in [-0.25, -0.2) is 4.39 Å². The summed E-state index contributed by atoms with van der Waals surface area (Å²) in [5.41, 5.74) is 2.37. The van der Waals surface area contributed by atoms with Crippen LogP contribution in [0.15, 0.2) is 60.7 Å². The van der Waals surface area contributed by atoms with Crippen LogP contribution in [0.4, 0.5) is 4.39 Å². The first-order valence-corrected chi connectivity index (χ1v) is 16.0. The molecule has 0 saturated carbocycles. The van der Waals surface area contributed by atoms with Gasteiger partial charge in [-0.05, 0) is 17.5 Å². The first kappa shape index (κ1) is 35.5. The van der Waals surface area contributed by atoms with Gasteiger partial charge < -0.3 is 23.7 Å². The summed E-state index contributed by atoms with van der Waals surface area (Å²) in [5, 5.41) is 0. The van der Waals surface area contributed by atoms with Crippen molar-refractivity contribution < 1.29 is 28.1 Å². The Labute approximate surface area is 259 Å². The summed E-state index contributed by atoms with van der Waals surface area (Å²) in [4.78, 5) is 6.99. The molecule has 0 spiro atoms. The lowest BCUT2D eigenvalue weighted by molar-refractivity contribution is -0.00573. The summed E-state index contributed by atoms with van der Waals surface area (Å²) >= 11 is 0. The number of hydrogen-bond donors (Lipinski definition) is 0. The van der Waals surface area contributed by atoms with Crippen molar-refractivity contribution >= 4 is 0 Å². The fourth-order valence-electron chi connectivity index (χ4n) is 4.94. The molecule has 0 aromatic heterocycles. The highest BCUT2D eigenvalue weighted by Crippen LogP contribution is 2.12. The second-order valence-electron chi connectivity index (χ2n) is 10.9. The molecule has 9 heteroatoms. The van der Waals surface area contributed by atoms with Crippen LogP contribution in [0.25, 0.3) is 0 Å². The summed E-state index contributed by atoms with van der Waals surface area (Å²) in [6, 6.07) is 20.5. The summed E-state index contributed by atoms with van der Waals surface area (Å²) in [5.74, 6) is 0. The maximum absolute atomic E-state index is 15.0. The van der Waals surface area contributed by atoms with Gasteiger partial charge in [0.2, 0.25) is 0 Å². The van der Waals surface area contributed by atoms with Crippen molar-refractivity contribution in [1.29, 1.82) is 0 Å². The van der Waals surface area contributed by atoms with Crippen LogP contribution in [0.5, 0.6) is 0 Å². The molecule has 2 aromatic carbocycles. The van der Waals surface area contributed by atoms with Crippen molar-refractivity contribution in [2.75, 3.05) is 112 Å². The summed E-state index contributed by atoms with van der Waals surface area (Å²) in [7, 11) is 0. The summed E-state index contributed by atoms with van der Waals surface area (Å²) < 4.78 is 42.9. The van der Waals surface area contributed by atoms with Crippen molar-refractivity contribution in [2.24, 2.45) is 0 Å². The average Bonchev–Trinajstić information content (AvgIpc) is 3.03. The molecular formula is C34H54FN3O5. The molecular weight excluding hydrogens is 549 g/mol. The van der Waals surface area contributed by atoms with E-state index in [1.807, 2.05) is 36.4 Å². The van der Waals surface area contributed by atoms with Gasteiger partial charge >= 0.3 is 0 Å². The van der Waals surface area contributed by atoms with E-state index in [9.17, 15) is 4.39 Å². The Bertz CT molecular complexity index is 864. The Balaban J connectivity index is 1.17. The highest BCUT2D eigenvalue weighted by atomic mass is 19.1.